The number of carbonyl (C=O) groups excluding carboxylic acids is 2. The van der Waals surface area contributed by atoms with Crippen LogP contribution in [-0.2, 0) is 21.5 Å². The number of carbonyl (C=O) groups is 2. The molecule has 2 aliphatic rings. The van der Waals surface area contributed by atoms with Gasteiger partial charge in [-0.25, -0.2) is 4.39 Å². The molecule has 4 rings (SSSR count). The summed E-state index contributed by atoms with van der Waals surface area (Å²) >= 11 is 3.47. The van der Waals surface area contributed by atoms with Gasteiger partial charge in [0.25, 0.3) is 0 Å². The van der Waals surface area contributed by atoms with E-state index < -0.39 is 5.41 Å². The number of halogens is 2. The number of nitrogens with zero attached hydrogens (tertiary/aromatic N) is 1. The Kier molecular flexibility index (Phi) is 5.83. The average molecular weight is 459 g/mol. The largest absolute Gasteiger partial charge is 0.299 e. The molecule has 0 aromatic heterocycles. The number of imide groups is 1. The van der Waals surface area contributed by atoms with Gasteiger partial charge in [0.2, 0.25) is 11.8 Å². The van der Waals surface area contributed by atoms with E-state index in [4.69, 9.17) is 0 Å². The molecule has 2 aromatic rings. The lowest BCUT2D eigenvalue weighted by Crippen LogP contribution is -2.57. The zero-order valence-electron chi connectivity index (χ0n) is 16.2. The summed E-state index contributed by atoms with van der Waals surface area (Å²) in [5.74, 6) is -0.644. The molecule has 1 N–H and O–H groups in total. The minimum absolute atomic E-state index is 0.127. The summed E-state index contributed by atoms with van der Waals surface area (Å²) in [6.45, 7) is 2.67. The van der Waals surface area contributed by atoms with Gasteiger partial charge in [-0.05, 0) is 73.7 Å². The average Bonchev–Trinajstić information content (AvgIpc) is 2.72. The van der Waals surface area contributed by atoms with Crippen molar-refractivity contribution < 1.29 is 14.0 Å². The van der Waals surface area contributed by atoms with E-state index in [0.29, 0.717) is 12.8 Å². The van der Waals surface area contributed by atoms with E-state index in [2.05, 4.69) is 50.4 Å². The fourth-order valence-corrected chi connectivity index (χ4v) is 5.07. The van der Waals surface area contributed by atoms with Crippen molar-refractivity contribution in [1.82, 2.24) is 10.2 Å². The van der Waals surface area contributed by atoms with Crippen molar-refractivity contribution in [3.05, 3.63) is 69.9 Å². The number of rotatable bonds is 4. The smallest absolute Gasteiger partial charge is 0.237 e. The molecule has 152 valence electrons. The molecule has 2 aromatic carbocycles. The number of amides is 2. The second-order valence-corrected chi connectivity index (χ2v) is 8.95. The summed E-state index contributed by atoms with van der Waals surface area (Å²) in [6, 6.07) is 14.6. The molecular weight excluding hydrogens is 435 g/mol. The van der Waals surface area contributed by atoms with Gasteiger partial charge in [0.05, 0.1) is 5.41 Å². The molecule has 29 heavy (non-hydrogen) atoms. The Labute approximate surface area is 178 Å². The van der Waals surface area contributed by atoms with Crippen LogP contribution >= 0.6 is 15.9 Å². The number of benzene rings is 2. The highest BCUT2D eigenvalue weighted by atomic mass is 79.9. The lowest BCUT2D eigenvalue weighted by Gasteiger charge is -2.45. The highest BCUT2D eigenvalue weighted by Gasteiger charge is 2.50. The van der Waals surface area contributed by atoms with Crippen LogP contribution in [0.25, 0.3) is 0 Å². The molecule has 0 aliphatic carbocycles. The molecule has 1 atom stereocenters. The van der Waals surface area contributed by atoms with E-state index in [1.165, 1.54) is 17.7 Å². The van der Waals surface area contributed by atoms with Crippen LogP contribution in [0, 0.1) is 11.7 Å². The van der Waals surface area contributed by atoms with E-state index in [0.717, 1.165) is 42.5 Å². The van der Waals surface area contributed by atoms with E-state index in [1.54, 1.807) is 12.1 Å². The molecule has 1 unspecified atom stereocenters. The van der Waals surface area contributed by atoms with Crippen LogP contribution in [-0.4, -0.2) is 29.8 Å². The van der Waals surface area contributed by atoms with E-state index in [-0.39, 0.29) is 23.5 Å². The van der Waals surface area contributed by atoms with E-state index in [1.807, 2.05) is 0 Å². The molecule has 2 fully saturated rings. The van der Waals surface area contributed by atoms with Crippen molar-refractivity contribution in [2.45, 2.75) is 37.6 Å². The van der Waals surface area contributed by atoms with Gasteiger partial charge in [0.1, 0.15) is 5.82 Å². The summed E-state index contributed by atoms with van der Waals surface area (Å²) in [4.78, 5) is 27.3. The number of nitrogens with one attached hydrogen (secondary N) is 1. The topological polar surface area (TPSA) is 49.4 Å². The van der Waals surface area contributed by atoms with Crippen molar-refractivity contribution >= 4 is 27.7 Å². The van der Waals surface area contributed by atoms with Crippen LogP contribution in [0.3, 0.4) is 0 Å². The first-order valence-corrected chi connectivity index (χ1v) is 10.8. The Morgan fingerprint density at radius 1 is 1.03 bits per heavy atom. The standard InChI is InChI=1S/C23H24BrFN2O2/c24-19-5-1-16(2-6-19)15-27-13-10-18(11-14-27)23(12-9-21(28)26-22(23)29)17-3-7-20(25)8-4-17/h1-8,18H,9-15H2,(H,26,28,29). The molecule has 0 saturated carbocycles. The zero-order chi connectivity index (χ0) is 20.4. The van der Waals surface area contributed by atoms with Crippen LogP contribution in [0.1, 0.15) is 36.8 Å². The molecular formula is C23H24BrFN2O2. The third kappa shape index (κ3) is 4.14. The summed E-state index contributed by atoms with van der Waals surface area (Å²) < 4.78 is 14.6. The zero-order valence-corrected chi connectivity index (χ0v) is 17.8. The van der Waals surface area contributed by atoms with Crippen LogP contribution in [0.2, 0.25) is 0 Å². The third-order valence-corrected chi connectivity index (χ3v) is 6.90. The Bertz CT molecular complexity index is 892. The van der Waals surface area contributed by atoms with Gasteiger partial charge in [-0.15, -0.1) is 0 Å². The predicted molar refractivity (Wildman–Crippen MR) is 113 cm³/mol. The molecule has 4 nitrogen and oxygen atoms in total. The number of likely N-dealkylation sites (tertiary alicyclic amines) is 1. The fraction of sp³-hybridized carbons (Fsp3) is 0.391. The van der Waals surface area contributed by atoms with E-state index in [9.17, 15) is 14.0 Å². The number of piperidine rings is 2. The van der Waals surface area contributed by atoms with Crippen molar-refractivity contribution in [2.75, 3.05) is 13.1 Å². The SMILES string of the molecule is O=C1CCC(c2ccc(F)cc2)(C2CCN(Cc3ccc(Br)cc3)CC2)C(=O)N1. The second kappa shape index (κ2) is 8.36. The normalized spacial score (nSPS) is 23.8. The summed E-state index contributed by atoms with van der Waals surface area (Å²) in [6.07, 6.45) is 2.55. The second-order valence-electron chi connectivity index (χ2n) is 8.03. The van der Waals surface area contributed by atoms with Crippen LogP contribution in [0.5, 0.6) is 0 Å². The molecule has 0 spiro atoms. The van der Waals surface area contributed by atoms with Crippen LogP contribution < -0.4 is 5.32 Å². The predicted octanol–water partition coefficient (Wildman–Crippen LogP) is 4.17. The molecule has 2 saturated heterocycles. The van der Waals surface area contributed by atoms with Gasteiger partial charge in [-0.3, -0.25) is 19.8 Å². The first-order chi connectivity index (χ1) is 14.0. The Balaban J connectivity index is 1.52. The highest BCUT2D eigenvalue weighted by Crippen LogP contribution is 2.44. The molecule has 2 amide bonds. The van der Waals surface area contributed by atoms with Crippen molar-refractivity contribution in [2.24, 2.45) is 5.92 Å². The first-order valence-electron chi connectivity index (χ1n) is 10.0. The van der Waals surface area contributed by atoms with Crippen molar-refractivity contribution in [1.29, 1.82) is 0 Å². The van der Waals surface area contributed by atoms with Crippen molar-refractivity contribution in [3.63, 3.8) is 0 Å². The lowest BCUT2D eigenvalue weighted by atomic mass is 9.62. The highest BCUT2D eigenvalue weighted by molar-refractivity contribution is 9.10. The first kappa shape index (κ1) is 20.2. The van der Waals surface area contributed by atoms with Gasteiger partial charge in [-0.2, -0.15) is 0 Å². The summed E-state index contributed by atoms with van der Waals surface area (Å²) in [5, 5.41) is 2.55. The minimum atomic E-state index is -0.759. The quantitative estimate of drug-likeness (QED) is 0.699. The van der Waals surface area contributed by atoms with Gasteiger partial charge < -0.3 is 0 Å². The monoisotopic (exact) mass is 458 g/mol. The Morgan fingerprint density at radius 3 is 2.31 bits per heavy atom. The molecule has 6 heteroatoms. The summed E-state index contributed by atoms with van der Waals surface area (Å²) in [5.41, 5.74) is 1.32. The summed E-state index contributed by atoms with van der Waals surface area (Å²) in [7, 11) is 0. The molecule has 0 bridgehead atoms. The Hall–Kier alpha value is -2.05. The number of hydrogen-bond donors (Lipinski definition) is 1. The van der Waals surface area contributed by atoms with Gasteiger partial charge in [0.15, 0.2) is 0 Å². The Morgan fingerprint density at radius 2 is 1.69 bits per heavy atom. The van der Waals surface area contributed by atoms with Crippen molar-refractivity contribution in [3.8, 4) is 0 Å². The maximum absolute atomic E-state index is 13.5. The molecule has 2 aliphatic heterocycles. The molecule has 0 radical (unpaired) electrons. The lowest BCUT2D eigenvalue weighted by molar-refractivity contribution is -0.140. The maximum atomic E-state index is 13.5. The van der Waals surface area contributed by atoms with Gasteiger partial charge in [-0.1, -0.05) is 40.2 Å². The number of hydrogen-bond acceptors (Lipinski definition) is 3. The minimum Gasteiger partial charge on any atom is -0.299 e. The fourth-order valence-electron chi connectivity index (χ4n) is 4.80. The maximum Gasteiger partial charge on any atom is 0.237 e. The third-order valence-electron chi connectivity index (χ3n) is 6.37. The van der Waals surface area contributed by atoms with Crippen LogP contribution in [0.15, 0.2) is 53.0 Å². The molecule has 2 heterocycles. The van der Waals surface area contributed by atoms with Gasteiger partial charge in [0, 0.05) is 17.4 Å². The van der Waals surface area contributed by atoms with E-state index >= 15 is 0 Å². The van der Waals surface area contributed by atoms with Gasteiger partial charge >= 0.3 is 0 Å². The van der Waals surface area contributed by atoms with Crippen LogP contribution in [0.4, 0.5) is 4.39 Å².